The van der Waals surface area contributed by atoms with Crippen LogP contribution in [0.15, 0.2) is 12.1 Å². The van der Waals surface area contributed by atoms with Crippen molar-refractivity contribution < 1.29 is 0 Å². The second-order valence-corrected chi connectivity index (χ2v) is 4.43. The van der Waals surface area contributed by atoms with Crippen LogP contribution in [0.3, 0.4) is 0 Å². The van der Waals surface area contributed by atoms with Crippen LogP contribution in [-0.2, 0) is 6.42 Å². The number of nitrogens with zero attached hydrogens (tertiary/aromatic N) is 1. The number of fused-ring (bicyclic) bond motifs is 1. The molecule has 0 fully saturated rings. The van der Waals surface area contributed by atoms with Crippen LogP contribution in [0.5, 0.6) is 0 Å². The minimum absolute atomic E-state index is 0.440. The summed E-state index contributed by atoms with van der Waals surface area (Å²) >= 11 is 6.34. The molecule has 2 nitrogen and oxygen atoms in total. The highest BCUT2D eigenvalue weighted by molar-refractivity contribution is 6.35. The number of aromatic nitrogens is 2. The number of benzene rings is 1. The first-order chi connectivity index (χ1) is 7.13. The molecule has 2 aromatic rings. The Morgan fingerprint density at radius 2 is 2.13 bits per heavy atom. The number of aryl methyl sites for hydroxylation is 1. The topological polar surface area (TPSA) is 28.7 Å². The minimum Gasteiger partial charge on any atom is -0.341 e. The summed E-state index contributed by atoms with van der Waals surface area (Å²) in [4.78, 5) is 7.72. The molecule has 0 spiro atoms. The van der Waals surface area contributed by atoms with Gasteiger partial charge in [-0.05, 0) is 17.5 Å². The van der Waals surface area contributed by atoms with E-state index in [0.29, 0.717) is 5.92 Å². The Morgan fingerprint density at radius 3 is 2.73 bits per heavy atom. The van der Waals surface area contributed by atoms with Crippen LogP contribution in [-0.4, -0.2) is 9.97 Å². The predicted molar refractivity (Wildman–Crippen MR) is 64.6 cm³/mol. The fraction of sp³-hybridized carbons (Fsp3) is 0.417. The fourth-order valence-electron chi connectivity index (χ4n) is 1.73. The molecule has 0 atom stereocenters. The number of nitrogens with one attached hydrogen (secondary N) is 1. The highest BCUT2D eigenvalue weighted by atomic mass is 35.5. The molecule has 1 aromatic heterocycles. The summed E-state index contributed by atoms with van der Waals surface area (Å²) in [6.07, 6.45) is 0.905. The molecule has 3 heteroatoms. The van der Waals surface area contributed by atoms with E-state index < -0.39 is 0 Å². The van der Waals surface area contributed by atoms with Crippen LogP contribution in [0, 0.1) is 0 Å². The van der Waals surface area contributed by atoms with E-state index in [-0.39, 0.29) is 0 Å². The molecule has 15 heavy (non-hydrogen) atoms. The lowest BCUT2D eigenvalue weighted by atomic mass is 10.0. The summed E-state index contributed by atoms with van der Waals surface area (Å²) in [7, 11) is 0. The third kappa shape index (κ3) is 1.74. The van der Waals surface area contributed by atoms with E-state index in [0.717, 1.165) is 28.3 Å². The predicted octanol–water partition coefficient (Wildman–Crippen LogP) is 3.90. The molecule has 0 aliphatic heterocycles. The minimum atomic E-state index is 0.440. The molecule has 0 saturated carbocycles. The van der Waals surface area contributed by atoms with Gasteiger partial charge in [0.05, 0.1) is 16.1 Å². The first-order valence-corrected chi connectivity index (χ1v) is 5.68. The normalized spacial score (nSPS) is 11.5. The van der Waals surface area contributed by atoms with Gasteiger partial charge >= 0.3 is 0 Å². The SMILES string of the molecule is CCc1nc2ccc(C(C)C)c(Cl)c2[nH]1. The van der Waals surface area contributed by atoms with Gasteiger partial charge in [-0.25, -0.2) is 4.98 Å². The van der Waals surface area contributed by atoms with E-state index in [9.17, 15) is 0 Å². The smallest absolute Gasteiger partial charge is 0.106 e. The quantitative estimate of drug-likeness (QED) is 0.820. The zero-order valence-electron chi connectivity index (χ0n) is 9.26. The van der Waals surface area contributed by atoms with Gasteiger partial charge < -0.3 is 4.98 Å². The van der Waals surface area contributed by atoms with Crippen molar-refractivity contribution in [1.29, 1.82) is 0 Å². The number of hydrogen-bond donors (Lipinski definition) is 1. The summed E-state index contributed by atoms with van der Waals surface area (Å²) in [5.74, 6) is 1.43. The van der Waals surface area contributed by atoms with Crippen LogP contribution in [0.25, 0.3) is 11.0 Å². The molecule has 1 aromatic carbocycles. The lowest BCUT2D eigenvalue weighted by Gasteiger charge is -2.07. The second-order valence-electron chi connectivity index (χ2n) is 4.05. The molecule has 0 radical (unpaired) electrons. The molecule has 0 saturated heterocycles. The van der Waals surface area contributed by atoms with Crippen molar-refractivity contribution in [2.75, 3.05) is 0 Å². The van der Waals surface area contributed by atoms with Gasteiger partial charge in [0.2, 0.25) is 0 Å². The van der Waals surface area contributed by atoms with E-state index in [1.807, 2.05) is 6.07 Å². The maximum Gasteiger partial charge on any atom is 0.106 e. The van der Waals surface area contributed by atoms with Gasteiger partial charge in [0, 0.05) is 6.42 Å². The largest absolute Gasteiger partial charge is 0.341 e. The standard InChI is InChI=1S/C12H15ClN2/c1-4-10-14-9-6-5-8(7(2)3)11(13)12(9)15-10/h5-7H,4H2,1-3H3,(H,14,15). The lowest BCUT2D eigenvalue weighted by Crippen LogP contribution is -1.89. The van der Waals surface area contributed by atoms with Crippen molar-refractivity contribution >= 4 is 22.6 Å². The molecule has 1 heterocycles. The van der Waals surface area contributed by atoms with Crippen molar-refractivity contribution in [3.63, 3.8) is 0 Å². The number of hydrogen-bond acceptors (Lipinski definition) is 1. The van der Waals surface area contributed by atoms with Crippen LogP contribution >= 0.6 is 11.6 Å². The van der Waals surface area contributed by atoms with E-state index in [1.54, 1.807) is 0 Å². The van der Waals surface area contributed by atoms with E-state index in [1.165, 1.54) is 5.56 Å². The number of rotatable bonds is 2. The first kappa shape index (κ1) is 10.5. The molecule has 1 N–H and O–H groups in total. The van der Waals surface area contributed by atoms with E-state index in [4.69, 9.17) is 11.6 Å². The van der Waals surface area contributed by atoms with Gasteiger partial charge in [-0.1, -0.05) is 38.4 Å². The molecular weight excluding hydrogens is 208 g/mol. The molecule has 0 bridgehead atoms. The second kappa shape index (κ2) is 3.86. The average Bonchev–Trinajstić information content (AvgIpc) is 2.61. The van der Waals surface area contributed by atoms with Gasteiger partial charge in [-0.2, -0.15) is 0 Å². The number of H-pyrrole nitrogens is 1. The van der Waals surface area contributed by atoms with Gasteiger partial charge in [-0.3, -0.25) is 0 Å². The van der Waals surface area contributed by atoms with Crippen LogP contribution in [0.2, 0.25) is 5.02 Å². The summed E-state index contributed by atoms with van der Waals surface area (Å²) < 4.78 is 0. The number of halogens is 1. The van der Waals surface area contributed by atoms with Gasteiger partial charge in [0.15, 0.2) is 0 Å². The van der Waals surface area contributed by atoms with Crippen molar-refractivity contribution in [1.82, 2.24) is 9.97 Å². The highest BCUT2D eigenvalue weighted by Gasteiger charge is 2.11. The average molecular weight is 223 g/mol. The van der Waals surface area contributed by atoms with Gasteiger partial charge in [0.1, 0.15) is 5.82 Å². The Morgan fingerprint density at radius 1 is 1.40 bits per heavy atom. The molecule has 0 aliphatic rings. The summed E-state index contributed by atoms with van der Waals surface area (Å²) in [5.41, 5.74) is 3.11. The molecule has 80 valence electrons. The Kier molecular flexibility index (Phi) is 2.70. The van der Waals surface area contributed by atoms with Crippen molar-refractivity contribution in [3.05, 3.63) is 28.5 Å². The Bertz CT molecular complexity index is 486. The highest BCUT2D eigenvalue weighted by Crippen LogP contribution is 2.30. The maximum atomic E-state index is 6.34. The summed E-state index contributed by atoms with van der Waals surface area (Å²) in [5, 5.41) is 0.815. The van der Waals surface area contributed by atoms with E-state index >= 15 is 0 Å². The zero-order chi connectivity index (χ0) is 11.0. The Hall–Kier alpha value is -1.02. The number of aromatic amines is 1. The summed E-state index contributed by atoms with van der Waals surface area (Å²) in [6, 6.07) is 4.10. The first-order valence-electron chi connectivity index (χ1n) is 5.30. The monoisotopic (exact) mass is 222 g/mol. The molecule has 0 aliphatic carbocycles. The Labute approximate surface area is 94.7 Å². The lowest BCUT2D eigenvalue weighted by molar-refractivity contribution is 0.868. The van der Waals surface area contributed by atoms with Crippen LogP contribution < -0.4 is 0 Å². The maximum absolute atomic E-state index is 6.34. The van der Waals surface area contributed by atoms with Crippen LogP contribution in [0.1, 0.15) is 38.1 Å². The van der Waals surface area contributed by atoms with Crippen molar-refractivity contribution in [2.45, 2.75) is 33.1 Å². The molecular formula is C12H15ClN2. The third-order valence-corrected chi connectivity index (χ3v) is 3.04. The number of imidazole rings is 1. The molecule has 2 rings (SSSR count). The van der Waals surface area contributed by atoms with Crippen molar-refractivity contribution in [3.8, 4) is 0 Å². The van der Waals surface area contributed by atoms with Gasteiger partial charge in [-0.15, -0.1) is 0 Å². The Balaban J connectivity index is 2.67. The zero-order valence-corrected chi connectivity index (χ0v) is 10.0. The van der Waals surface area contributed by atoms with E-state index in [2.05, 4.69) is 36.8 Å². The molecule has 0 unspecified atom stereocenters. The van der Waals surface area contributed by atoms with Gasteiger partial charge in [0.25, 0.3) is 0 Å². The fourth-order valence-corrected chi connectivity index (χ4v) is 2.15. The third-order valence-electron chi connectivity index (χ3n) is 2.63. The van der Waals surface area contributed by atoms with Crippen LogP contribution in [0.4, 0.5) is 0 Å². The van der Waals surface area contributed by atoms with Crippen molar-refractivity contribution in [2.24, 2.45) is 0 Å². The summed E-state index contributed by atoms with van der Waals surface area (Å²) in [6.45, 7) is 6.36. The molecule has 0 amide bonds.